The summed E-state index contributed by atoms with van der Waals surface area (Å²) in [7, 11) is 1.98. The Balaban J connectivity index is 2.07. The second-order valence-electron chi connectivity index (χ2n) is 4.76. The lowest BCUT2D eigenvalue weighted by Gasteiger charge is -2.17. The van der Waals surface area contributed by atoms with Gasteiger partial charge < -0.3 is 5.32 Å². The van der Waals surface area contributed by atoms with E-state index in [-0.39, 0.29) is 0 Å². The van der Waals surface area contributed by atoms with Gasteiger partial charge >= 0.3 is 0 Å². The molecular weight excluding hydrogens is 357 g/mol. The van der Waals surface area contributed by atoms with E-state index in [0.29, 0.717) is 6.04 Å². The molecule has 0 spiro atoms. The fourth-order valence-corrected chi connectivity index (χ4v) is 3.01. The molecule has 0 radical (unpaired) electrons. The minimum Gasteiger partial charge on any atom is -0.316 e. The Morgan fingerprint density at radius 2 is 1.75 bits per heavy atom. The Labute approximate surface area is 138 Å². The van der Waals surface area contributed by atoms with Crippen LogP contribution < -0.4 is 5.32 Å². The van der Waals surface area contributed by atoms with E-state index in [0.717, 1.165) is 32.9 Å². The summed E-state index contributed by atoms with van der Waals surface area (Å²) in [6, 6.07) is 14.4. The standard InChI is InChI=1S/C16H16BrCl2N/c1-20-15(8-11-2-6-14(18)7-3-11)9-12-4-5-13(17)10-16(12)19/h2-7,10,15,20H,8-9H2,1H3. The van der Waals surface area contributed by atoms with Crippen LogP contribution in [0.2, 0.25) is 10.0 Å². The Kier molecular flexibility index (Phi) is 5.91. The summed E-state index contributed by atoms with van der Waals surface area (Å²) in [6.45, 7) is 0. The molecule has 0 aliphatic rings. The number of hydrogen-bond acceptors (Lipinski definition) is 1. The molecule has 0 aliphatic heterocycles. The van der Waals surface area contributed by atoms with Gasteiger partial charge in [-0.1, -0.05) is 57.3 Å². The first-order valence-electron chi connectivity index (χ1n) is 6.44. The molecule has 1 unspecified atom stereocenters. The first-order chi connectivity index (χ1) is 9.58. The third kappa shape index (κ3) is 4.49. The summed E-state index contributed by atoms with van der Waals surface area (Å²) >= 11 is 15.6. The van der Waals surface area contributed by atoms with Gasteiger partial charge in [-0.05, 0) is 55.3 Å². The SMILES string of the molecule is CNC(Cc1ccc(Cl)cc1)Cc1ccc(Br)cc1Cl. The van der Waals surface area contributed by atoms with Crippen molar-refractivity contribution in [2.24, 2.45) is 0 Å². The molecule has 1 atom stereocenters. The van der Waals surface area contributed by atoms with E-state index in [1.807, 2.05) is 31.3 Å². The number of likely N-dealkylation sites (N-methyl/N-ethyl adjacent to an activating group) is 1. The van der Waals surface area contributed by atoms with Gasteiger partial charge in [0.2, 0.25) is 0 Å². The van der Waals surface area contributed by atoms with Crippen LogP contribution in [0.1, 0.15) is 11.1 Å². The van der Waals surface area contributed by atoms with Crippen LogP contribution in [-0.2, 0) is 12.8 Å². The summed E-state index contributed by atoms with van der Waals surface area (Å²) in [5, 5.41) is 4.92. The largest absolute Gasteiger partial charge is 0.316 e. The van der Waals surface area contributed by atoms with Gasteiger partial charge in [0, 0.05) is 20.6 Å². The monoisotopic (exact) mass is 371 g/mol. The summed E-state index contributed by atoms with van der Waals surface area (Å²) in [5.74, 6) is 0. The Bertz CT molecular complexity index is 569. The summed E-state index contributed by atoms with van der Waals surface area (Å²) in [4.78, 5) is 0. The molecular formula is C16H16BrCl2N. The van der Waals surface area contributed by atoms with E-state index in [9.17, 15) is 0 Å². The molecule has 0 aliphatic carbocycles. The zero-order chi connectivity index (χ0) is 14.5. The van der Waals surface area contributed by atoms with Crippen LogP contribution in [0.3, 0.4) is 0 Å². The lowest BCUT2D eigenvalue weighted by Crippen LogP contribution is -2.30. The maximum absolute atomic E-state index is 6.28. The van der Waals surface area contributed by atoms with Gasteiger partial charge in [0.25, 0.3) is 0 Å². The molecule has 0 saturated heterocycles. The van der Waals surface area contributed by atoms with Gasteiger partial charge in [0.05, 0.1) is 0 Å². The van der Waals surface area contributed by atoms with E-state index in [4.69, 9.17) is 23.2 Å². The molecule has 0 fully saturated rings. The van der Waals surface area contributed by atoms with Gasteiger partial charge in [-0.2, -0.15) is 0 Å². The predicted molar refractivity (Wildman–Crippen MR) is 90.9 cm³/mol. The zero-order valence-electron chi connectivity index (χ0n) is 11.2. The van der Waals surface area contributed by atoms with Crippen LogP contribution in [0.5, 0.6) is 0 Å². The fourth-order valence-electron chi connectivity index (χ4n) is 2.13. The van der Waals surface area contributed by atoms with Crippen molar-refractivity contribution >= 4 is 39.1 Å². The van der Waals surface area contributed by atoms with Gasteiger partial charge in [-0.25, -0.2) is 0 Å². The number of hydrogen-bond donors (Lipinski definition) is 1. The quantitative estimate of drug-likeness (QED) is 0.767. The molecule has 1 nitrogen and oxygen atoms in total. The summed E-state index contributed by atoms with van der Waals surface area (Å²) in [5.41, 5.74) is 2.42. The second kappa shape index (κ2) is 7.46. The smallest absolute Gasteiger partial charge is 0.0449 e. The van der Waals surface area contributed by atoms with Crippen molar-refractivity contribution < 1.29 is 0 Å². The lowest BCUT2D eigenvalue weighted by molar-refractivity contribution is 0.556. The molecule has 0 heterocycles. The van der Waals surface area contributed by atoms with Crippen LogP contribution in [-0.4, -0.2) is 13.1 Å². The van der Waals surface area contributed by atoms with Crippen molar-refractivity contribution in [1.29, 1.82) is 0 Å². The number of rotatable bonds is 5. The van der Waals surface area contributed by atoms with E-state index in [1.165, 1.54) is 5.56 Å². The predicted octanol–water partition coefficient (Wildman–Crippen LogP) is 5.13. The lowest BCUT2D eigenvalue weighted by atomic mass is 9.99. The summed E-state index contributed by atoms with van der Waals surface area (Å²) < 4.78 is 1.00. The minimum absolute atomic E-state index is 0.342. The molecule has 0 aromatic heterocycles. The topological polar surface area (TPSA) is 12.0 Å². The van der Waals surface area contributed by atoms with Crippen molar-refractivity contribution in [3.8, 4) is 0 Å². The molecule has 20 heavy (non-hydrogen) atoms. The maximum Gasteiger partial charge on any atom is 0.0449 e. The highest BCUT2D eigenvalue weighted by Gasteiger charge is 2.11. The highest BCUT2D eigenvalue weighted by atomic mass is 79.9. The highest BCUT2D eigenvalue weighted by molar-refractivity contribution is 9.10. The molecule has 1 N–H and O–H groups in total. The second-order valence-corrected chi connectivity index (χ2v) is 6.52. The average molecular weight is 373 g/mol. The van der Waals surface area contributed by atoms with Crippen molar-refractivity contribution in [1.82, 2.24) is 5.32 Å². The molecule has 0 bridgehead atoms. The van der Waals surface area contributed by atoms with Crippen molar-refractivity contribution in [2.45, 2.75) is 18.9 Å². The molecule has 2 aromatic rings. The summed E-state index contributed by atoms with van der Waals surface area (Å²) in [6.07, 6.45) is 1.84. The maximum atomic E-state index is 6.28. The normalized spacial score (nSPS) is 12.4. The fraction of sp³-hybridized carbons (Fsp3) is 0.250. The number of nitrogens with one attached hydrogen (secondary N) is 1. The number of benzene rings is 2. The molecule has 2 rings (SSSR count). The van der Waals surface area contributed by atoms with Crippen LogP contribution in [0.25, 0.3) is 0 Å². The van der Waals surface area contributed by atoms with Crippen molar-refractivity contribution in [3.05, 3.63) is 68.1 Å². The molecule has 0 saturated carbocycles. The third-order valence-electron chi connectivity index (χ3n) is 3.29. The Hall–Kier alpha value is -0.540. The minimum atomic E-state index is 0.342. The van der Waals surface area contributed by atoms with E-state index < -0.39 is 0 Å². The molecule has 2 aromatic carbocycles. The van der Waals surface area contributed by atoms with E-state index in [1.54, 1.807) is 0 Å². The molecule has 4 heteroatoms. The third-order valence-corrected chi connectivity index (χ3v) is 4.38. The Morgan fingerprint density at radius 3 is 2.35 bits per heavy atom. The van der Waals surface area contributed by atoms with Crippen molar-refractivity contribution in [2.75, 3.05) is 7.05 Å². The Morgan fingerprint density at radius 1 is 1.05 bits per heavy atom. The number of halogens is 3. The molecule has 0 amide bonds. The average Bonchev–Trinajstić information content (AvgIpc) is 2.43. The van der Waals surface area contributed by atoms with Gasteiger partial charge in [-0.3, -0.25) is 0 Å². The zero-order valence-corrected chi connectivity index (χ0v) is 14.3. The van der Waals surface area contributed by atoms with E-state index >= 15 is 0 Å². The van der Waals surface area contributed by atoms with E-state index in [2.05, 4.69) is 39.4 Å². The highest BCUT2D eigenvalue weighted by Crippen LogP contribution is 2.23. The van der Waals surface area contributed by atoms with Gasteiger partial charge in [0.15, 0.2) is 0 Å². The molecule has 106 valence electrons. The first-order valence-corrected chi connectivity index (χ1v) is 7.99. The van der Waals surface area contributed by atoms with Crippen LogP contribution in [0, 0.1) is 0 Å². The van der Waals surface area contributed by atoms with Crippen LogP contribution in [0.15, 0.2) is 46.9 Å². The van der Waals surface area contributed by atoms with Gasteiger partial charge in [0.1, 0.15) is 0 Å². The van der Waals surface area contributed by atoms with Crippen LogP contribution >= 0.6 is 39.1 Å². The first kappa shape index (κ1) is 15.8. The van der Waals surface area contributed by atoms with Gasteiger partial charge in [-0.15, -0.1) is 0 Å². The van der Waals surface area contributed by atoms with Crippen LogP contribution in [0.4, 0.5) is 0 Å². The van der Waals surface area contributed by atoms with Crippen molar-refractivity contribution in [3.63, 3.8) is 0 Å².